The third-order valence-corrected chi connectivity index (χ3v) is 3.81. The zero-order valence-electron chi connectivity index (χ0n) is 14.7. The first-order valence-electron chi connectivity index (χ1n) is 8.19. The number of ether oxygens (including phenoxy) is 1. The maximum Gasteiger partial charge on any atom is 0.423 e. The van der Waals surface area contributed by atoms with E-state index < -0.39 is 23.7 Å². The van der Waals surface area contributed by atoms with Crippen molar-refractivity contribution in [3.05, 3.63) is 41.6 Å². The van der Waals surface area contributed by atoms with Gasteiger partial charge in [0.2, 0.25) is 11.8 Å². The summed E-state index contributed by atoms with van der Waals surface area (Å²) in [6.45, 7) is 5.64. The lowest BCUT2D eigenvalue weighted by molar-refractivity contribution is -0.139. The van der Waals surface area contributed by atoms with Gasteiger partial charge in [-0.2, -0.15) is 23.4 Å². The zero-order valence-corrected chi connectivity index (χ0v) is 14.7. The van der Waals surface area contributed by atoms with E-state index in [1.54, 1.807) is 43.0 Å². The van der Waals surface area contributed by atoms with Crippen molar-refractivity contribution in [1.82, 2.24) is 9.97 Å². The third kappa shape index (κ3) is 4.23. The number of nitriles is 1. The molecule has 0 bridgehead atoms. The molecule has 1 aromatic heterocycles. The van der Waals surface area contributed by atoms with Gasteiger partial charge in [-0.15, -0.1) is 0 Å². The Bertz CT molecular complexity index is 802. The number of alkyl halides is 3. The fourth-order valence-corrected chi connectivity index (χ4v) is 2.27. The second-order valence-corrected chi connectivity index (χ2v) is 5.60. The van der Waals surface area contributed by atoms with Crippen molar-refractivity contribution in [3.8, 4) is 11.9 Å². The van der Waals surface area contributed by atoms with E-state index in [0.29, 0.717) is 24.2 Å². The van der Waals surface area contributed by atoms with E-state index in [1.807, 2.05) is 6.92 Å². The zero-order chi connectivity index (χ0) is 19.3. The number of para-hydroxylation sites is 1. The van der Waals surface area contributed by atoms with Crippen molar-refractivity contribution < 1.29 is 17.9 Å². The summed E-state index contributed by atoms with van der Waals surface area (Å²) in [6.07, 6.45) is -3.80. The molecule has 0 saturated heterocycles. The van der Waals surface area contributed by atoms with Crippen LogP contribution in [0.4, 0.5) is 24.8 Å². The van der Waals surface area contributed by atoms with Crippen LogP contribution >= 0.6 is 0 Å². The highest BCUT2D eigenvalue weighted by Crippen LogP contribution is 2.37. The molecule has 0 radical (unpaired) electrons. The molecular weight excluding hydrogens is 345 g/mol. The minimum absolute atomic E-state index is 0.0431. The van der Waals surface area contributed by atoms with Gasteiger partial charge >= 0.3 is 6.18 Å². The topological polar surface area (TPSA) is 62.0 Å². The molecule has 1 heterocycles. The van der Waals surface area contributed by atoms with Gasteiger partial charge in [-0.05, 0) is 32.4 Å². The van der Waals surface area contributed by atoms with Crippen LogP contribution < -0.4 is 9.64 Å². The van der Waals surface area contributed by atoms with Gasteiger partial charge in [0, 0.05) is 12.7 Å². The van der Waals surface area contributed by atoms with Crippen molar-refractivity contribution in [2.75, 3.05) is 11.4 Å². The van der Waals surface area contributed by atoms with Crippen molar-refractivity contribution in [2.45, 2.75) is 39.5 Å². The fraction of sp³-hybridized carbons (Fsp3) is 0.389. The quantitative estimate of drug-likeness (QED) is 0.743. The van der Waals surface area contributed by atoms with E-state index in [0.717, 1.165) is 6.20 Å². The average Bonchev–Trinajstić information content (AvgIpc) is 2.62. The van der Waals surface area contributed by atoms with E-state index in [-0.39, 0.29) is 5.95 Å². The Labute approximate surface area is 150 Å². The molecule has 1 unspecified atom stereocenters. The van der Waals surface area contributed by atoms with Crippen LogP contribution in [-0.2, 0) is 6.18 Å². The Morgan fingerprint density at radius 3 is 2.54 bits per heavy atom. The van der Waals surface area contributed by atoms with E-state index in [1.165, 1.54) is 0 Å². The molecule has 1 aromatic carbocycles. The second-order valence-electron chi connectivity index (χ2n) is 5.60. The van der Waals surface area contributed by atoms with Gasteiger partial charge in [-0.3, -0.25) is 0 Å². The molecule has 2 aromatic rings. The predicted octanol–water partition coefficient (Wildman–Crippen LogP) is 4.70. The molecule has 2 rings (SSSR count). The van der Waals surface area contributed by atoms with Crippen LogP contribution in [0.3, 0.4) is 0 Å². The van der Waals surface area contributed by atoms with Gasteiger partial charge in [0.25, 0.3) is 0 Å². The highest BCUT2D eigenvalue weighted by atomic mass is 19.4. The summed E-state index contributed by atoms with van der Waals surface area (Å²) in [5, 5.41) is 9.28. The Kier molecular flexibility index (Phi) is 6.03. The molecule has 26 heavy (non-hydrogen) atoms. The standard InChI is InChI=1S/C18H19F3N4O/c1-4-12(3)26-16-14(18(19,20)21)11-23-17(24-16)25(5-2)15-9-7-6-8-13(15)10-22/h6-9,11-12H,4-5H2,1-3H3. The van der Waals surface area contributed by atoms with E-state index in [2.05, 4.69) is 16.0 Å². The smallest absolute Gasteiger partial charge is 0.423 e. The van der Waals surface area contributed by atoms with Crippen molar-refractivity contribution in [1.29, 1.82) is 5.26 Å². The molecule has 5 nitrogen and oxygen atoms in total. The predicted molar refractivity (Wildman–Crippen MR) is 91.3 cm³/mol. The summed E-state index contributed by atoms with van der Waals surface area (Å²) < 4.78 is 45.1. The van der Waals surface area contributed by atoms with Gasteiger partial charge < -0.3 is 9.64 Å². The van der Waals surface area contributed by atoms with Crippen LogP contribution in [-0.4, -0.2) is 22.6 Å². The number of nitrogens with zero attached hydrogens (tertiary/aromatic N) is 4. The van der Waals surface area contributed by atoms with Gasteiger partial charge in [0.15, 0.2) is 0 Å². The van der Waals surface area contributed by atoms with Crippen molar-refractivity contribution in [2.24, 2.45) is 0 Å². The average molecular weight is 364 g/mol. The number of rotatable bonds is 6. The van der Waals surface area contributed by atoms with Gasteiger partial charge in [-0.25, -0.2) is 4.98 Å². The fourth-order valence-electron chi connectivity index (χ4n) is 2.27. The van der Waals surface area contributed by atoms with E-state index >= 15 is 0 Å². The SMILES string of the molecule is CCC(C)Oc1nc(N(CC)c2ccccc2C#N)ncc1C(F)(F)F. The van der Waals surface area contributed by atoms with Crippen molar-refractivity contribution >= 4 is 11.6 Å². The summed E-state index contributed by atoms with van der Waals surface area (Å²) in [7, 11) is 0. The Morgan fingerprint density at radius 2 is 1.96 bits per heavy atom. The summed E-state index contributed by atoms with van der Waals surface area (Å²) in [5.41, 5.74) is -0.125. The number of benzene rings is 1. The largest absolute Gasteiger partial charge is 0.474 e. The van der Waals surface area contributed by atoms with E-state index in [4.69, 9.17) is 4.74 Å². The summed E-state index contributed by atoms with van der Waals surface area (Å²) in [4.78, 5) is 9.45. The normalized spacial score (nSPS) is 12.3. The highest BCUT2D eigenvalue weighted by Gasteiger charge is 2.37. The summed E-state index contributed by atoms with van der Waals surface area (Å²) >= 11 is 0. The lowest BCUT2D eigenvalue weighted by atomic mass is 10.2. The monoisotopic (exact) mass is 364 g/mol. The number of hydrogen-bond donors (Lipinski definition) is 0. The van der Waals surface area contributed by atoms with Crippen LogP contribution in [0, 0.1) is 11.3 Å². The Hall–Kier alpha value is -2.82. The highest BCUT2D eigenvalue weighted by molar-refractivity contribution is 5.65. The number of hydrogen-bond acceptors (Lipinski definition) is 5. The summed E-state index contributed by atoms with van der Waals surface area (Å²) in [5.74, 6) is -0.466. The second kappa shape index (κ2) is 8.04. The maximum absolute atomic E-state index is 13.2. The minimum Gasteiger partial charge on any atom is -0.474 e. The van der Waals surface area contributed by atoms with Gasteiger partial charge in [-0.1, -0.05) is 19.1 Å². The van der Waals surface area contributed by atoms with Crippen molar-refractivity contribution in [3.63, 3.8) is 0 Å². The first-order chi connectivity index (χ1) is 12.3. The van der Waals surface area contributed by atoms with E-state index in [9.17, 15) is 18.4 Å². The molecule has 8 heteroatoms. The lowest BCUT2D eigenvalue weighted by Crippen LogP contribution is -2.22. The first kappa shape index (κ1) is 19.5. The lowest BCUT2D eigenvalue weighted by Gasteiger charge is -2.24. The number of aromatic nitrogens is 2. The number of anilines is 2. The molecule has 0 aliphatic heterocycles. The molecule has 138 valence electrons. The maximum atomic E-state index is 13.2. The molecule has 0 amide bonds. The van der Waals surface area contributed by atoms with Crippen LogP contribution in [0.2, 0.25) is 0 Å². The summed E-state index contributed by atoms with van der Waals surface area (Å²) in [6, 6.07) is 8.82. The van der Waals surface area contributed by atoms with Gasteiger partial charge in [0.05, 0.1) is 17.4 Å². The number of halogens is 3. The van der Waals surface area contributed by atoms with Crippen LogP contribution in [0.5, 0.6) is 5.88 Å². The molecule has 0 saturated carbocycles. The molecule has 0 N–H and O–H groups in total. The third-order valence-electron chi connectivity index (χ3n) is 3.81. The molecule has 1 atom stereocenters. The molecule has 0 aliphatic rings. The Balaban J connectivity index is 2.54. The molecular formula is C18H19F3N4O. The molecule has 0 fully saturated rings. The van der Waals surface area contributed by atoms with Crippen LogP contribution in [0.1, 0.15) is 38.3 Å². The van der Waals surface area contributed by atoms with Crippen LogP contribution in [0.25, 0.3) is 0 Å². The first-order valence-corrected chi connectivity index (χ1v) is 8.19. The molecule has 0 aliphatic carbocycles. The minimum atomic E-state index is -4.62. The molecule has 0 spiro atoms. The van der Waals surface area contributed by atoms with Crippen LogP contribution in [0.15, 0.2) is 30.5 Å². The Morgan fingerprint density at radius 1 is 1.27 bits per heavy atom. The van der Waals surface area contributed by atoms with Gasteiger partial charge in [0.1, 0.15) is 11.6 Å².